The Balaban J connectivity index is 1.58. The summed E-state index contributed by atoms with van der Waals surface area (Å²) in [7, 11) is 0. The van der Waals surface area contributed by atoms with Crippen LogP contribution >= 0.6 is 11.3 Å². The van der Waals surface area contributed by atoms with Gasteiger partial charge in [0.2, 0.25) is 0 Å². The predicted octanol–water partition coefficient (Wildman–Crippen LogP) is 2.90. The van der Waals surface area contributed by atoms with Gasteiger partial charge < -0.3 is 5.32 Å². The van der Waals surface area contributed by atoms with Crippen LogP contribution < -0.4 is 5.32 Å². The number of fused-ring (bicyclic) bond motifs is 4. The SMILES string of the molecule is CC1(C)C(NC(=O)c2cc3ccncc3s2)C2CCN1CC2. The highest BCUT2D eigenvalue weighted by molar-refractivity contribution is 7.20. The van der Waals surface area contributed by atoms with Crippen molar-refractivity contribution in [1.82, 2.24) is 15.2 Å². The minimum atomic E-state index is 0.0507. The van der Waals surface area contributed by atoms with Gasteiger partial charge in [-0.3, -0.25) is 14.7 Å². The molecule has 0 spiro atoms. The molecule has 0 radical (unpaired) electrons. The molecule has 1 unspecified atom stereocenters. The smallest absolute Gasteiger partial charge is 0.261 e. The molecule has 116 valence electrons. The van der Waals surface area contributed by atoms with E-state index in [0.717, 1.165) is 15.0 Å². The van der Waals surface area contributed by atoms with E-state index in [-0.39, 0.29) is 17.5 Å². The first-order chi connectivity index (χ1) is 10.6. The lowest BCUT2D eigenvalue weighted by molar-refractivity contribution is -0.0377. The van der Waals surface area contributed by atoms with Gasteiger partial charge in [-0.15, -0.1) is 11.3 Å². The van der Waals surface area contributed by atoms with Crippen molar-refractivity contribution in [2.45, 2.75) is 38.3 Å². The molecule has 2 aromatic rings. The topological polar surface area (TPSA) is 45.2 Å². The van der Waals surface area contributed by atoms with Crippen molar-refractivity contribution in [3.63, 3.8) is 0 Å². The highest BCUT2D eigenvalue weighted by Crippen LogP contribution is 2.39. The largest absolute Gasteiger partial charge is 0.346 e. The van der Waals surface area contributed by atoms with Gasteiger partial charge in [0.25, 0.3) is 5.91 Å². The fraction of sp³-hybridized carbons (Fsp3) is 0.529. The van der Waals surface area contributed by atoms with Gasteiger partial charge >= 0.3 is 0 Å². The first-order valence-electron chi connectivity index (χ1n) is 7.95. The van der Waals surface area contributed by atoms with Gasteiger partial charge in [0.05, 0.1) is 9.58 Å². The molecule has 2 bridgehead atoms. The van der Waals surface area contributed by atoms with Crippen molar-refractivity contribution in [3.05, 3.63) is 29.4 Å². The summed E-state index contributed by atoms with van der Waals surface area (Å²) in [6.45, 7) is 6.85. The number of nitrogens with one attached hydrogen (secondary N) is 1. The molecule has 5 heteroatoms. The highest BCUT2D eigenvalue weighted by atomic mass is 32.1. The third-order valence-electron chi connectivity index (χ3n) is 5.42. The van der Waals surface area contributed by atoms with Crippen LogP contribution in [0.1, 0.15) is 36.4 Å². The number of carbonyl (C=O) groups excluding carboxylic acids is 1. The zero-order valence-corrected chi connectivity index (χ0v) is 13.8. The second kappa shape index (κ2) is 5.03. The molecule has 5 heterocycles. The lowest BCUT2D eigenvalue weighted by Gasteiger charge is -2.56. The van der Waals surface area contributed by atoms with Gasteiger partial charge in [0, 0.05) is 24.0 Å². The van der Waals surface area contributed by atoms with Crippen molar-refractivity contribution in [2.75, 3.05) is 13.1 Å². The first kappa shape index (κ1) is 14.2. The maximum atomic E-state index is 12.7. The van der Waals surface area contributed by atoms with Crippen molar-refractivity contribution >= 4 is 27.3 Å². The third kappa shape index (κ3) is 2.15. The monoisotopic (exact) mass is 315 g/mol. The fourth-order valence-corrected chi connectivity index (χ4v) is 5.02. The molecule has 0 saturated carbocycles. The second-order valence-corrected chi connectivity index (χ2v) is 8.04. The molecule has 3 saturated heterocycles. The molecule has 1 atom stereocenters. The maximum absolute atomic E-state index is 12.7. The van der Waals surface area contributed by atoms with Crippen LogP contribution in [0.25, 0.3) is 10.1 Å². The Hall–Kier alpha value is -1.46. The standard InChI is InChI=1S/C17H21N3OS/c1-17(2)15(11-4-7-20(17)8-5-11)19-16(21)13-9-12-3-6-18-10-14(12)22-13/h3,6,9-11,15H,4-5,7-8H2,1-2H3,(H,19,21). The number of aromatic nitrogens is 1. The van der Waals surface area contributed by atoms with E-state index in [2.05, 4.69) is 29.0 Å². The number of carbonyl (C=O) groups is 1. The average molecular weight is 315 g/mol. The molecule has 4 nitrogen and oxygen atoms in total. The summed E-state index contributed by atoms with van der Waals surface area (Å²) in [5.74, 6) is 0.674. The maximum Gasteiger partial charge on any atom is 0.261 e. The minimum Gasteiger partial charge on any atom is -0.346 e. The number of piperidine rings is 3. The number of pyridine rings is 1. The van der Waals surface area contributed by atoms with Crippen LogP contribution in [0.4, 0.5) is 0 Å². The number of hydrogen-bond acceptors (Lipinski definition) is 4. The molecular formula is C17H21N3OS. The van der Waals surface area contributed by atoms with Crippen LogP contribution in [-0.2, 0) is 0 Å². The van der Waals surface area contributed by atoms with Gasteiger partial charge in [0.1, 0.15) is 0 Å². The van der Waals surface area contributed by atoms with Gasteiger partial charge in [-0.25, -0.2) is 0 Å². The zero-order chi connectivity index (χ0) is 15.3. The summed E-state index contributed by atoms with van der Waals surface area (Å²) < 4.78 is 1.07. The molecule has 22 heavy (non-hydrogen) atoms. The van der Waals surface area contributed by atoms with E-state index in [9.17, 15) is 4.79 Å². The Kier molecular flexibility index (Phi) is 3.24. The lowest BCUT2D eigenvalue weighted by Crippen LogP contribution is -2.69. The Morgan fingerprint density at radius 3 is 2.86 bits per heavy atom. The van der Waals surface area contributed by atoms with E-state index < -0.39 is 0 Å². The summed E-state index contributed by atoms with van der Waals surface area (Å²) >= 11 is 1.53. The number of amides is 1. The van der Waals surface area contributed by atoms with Crippen LogP contribution in [0.5, 0.6) is 0 Å². The van der Waals surface area contributed by atoms with Crippen LogP contribution in [0.2, 0.25) is 0 Å². The Labute approximate surface area is 134 Å². The molecule has 2 aromatic heterocycles. The second-order valence-electron chi connectivity index (χ2n) is 6.95. The fourth-order valence-electron chi connectivity index (χ4n) is 4.09. The normalized spacial score (nSPS) is 29.6. The van der Waals surface area contributed by atoms with Gasteiger partial charge in [-0.2, -0.15) is 0 Å². The number of hydrogen-bond donors (Lipinski definition) is 1. The van der Waals surface area contributed by atoms with Gasteiger partial charge in [-0.1, -0.05) is 0 Å². The Morgan fingerprint density at radius 1 is 1.41 bits per heavy atom. The Bertz CT molecular complexity index is 683. The van der Waals surface area contributed by atoms with Crippen LogP contribution in [0, 0.1) is 5.92 Å². The van der Waals surface area contributed by atoms with E-state index in [0.29, 0.717) is 5.92 Å². The van der Waals surface area contributed by atoms with Crippen molar-refractivity contribution in [2.24, 2.45) is 5.92 Å². The molecule has 1 N–H and O–H groups in total. The molecule has 5 rings (SSSR count). The van der Waals surface area contributed by atoms with Gasteiger partial charge in [-0.05, 0) is 63.2 Å². The summed E-state index contributed by atoms with van der Waals surface area (Å²) in [5, 5.41) is 4.42. The van der Waals surface area contributed by atoms with E-state index in [1.807, 2.05) is 18.3 Å². The molecular weight excluding hydrogens is 294 g/mol. The molecule has 3 aliphatic rings. The summed E-state index contributed by atoms with van der Waals surface area (Å²) in [5.41, 5.74) is 0.0507. The van der Waals surface area contributed by atoms with E-state index in [4.69, 9.17) is 0 Å². The predicted molar refractivity (Wildman–Crippen MR) is 89.3 cm³/mol. The summed E-state index contributed by atoms with van der Waals surface area (Å²) in [6, 6.07) is 4.18. The van der Waals surface area contributed by atoms with Crippen molar-refractivity contribution in [1.29, 1.82) is 0 Å². The minimum absolute atomic E-state index is 0.0507. The first-order valence-corrected chi connectivity index (χ1v) is 8.77. The quantitative estimate of drug-likeness (QED) is 0.927. The van der Waals surface area contributed by atoms with E-state index >= 15 is 0 Å². The lowest BCUT2D eigenvalue weighted by atomic mass is 9.72. The van der Waals surface area contributed by atoms with Crippen LogP contribution in [-0.4, -0.2) is 40.5 Å². The Morgan fingerprint density at radius 2 is 2.18 bits per heavy atom. The number of rotatable bonds is 2. The van der Waals surface area contributed by atoms with Crippen molar-refractivity contribution in [3.8, 4) is 0 Å². The summed E-state index contributed by atoms with van der Waals surface area (Å²) in [4.78, 5) is 20.1. The van der Waals surface area contributed by atoms with Gasteiger partial charge in [0.15, 0.2) is 0 Å². The number of thiophene rings is 1. The van der Waals surface area contributed by atoms with Crippen molar-refractivity contribution < 1.29 is 4.79 Å². The average Bonchev–Trinajstić information content (AvgIpc) is 2.95. The van der Waals surface area contributed by atoms with E-state index in [1.165, 1.54) is 37.3 Å². The molecule has 1 amide bonds. The highest BCUT2D eigenvalue weighted by Gasteiger charge is 2.48. The molecule has 3 fully saturated rings. The summed E-state index contributed by atoms with van der Waals surface area (Å²) in [6.07, 6.45) is 6.00. The molecule has 0 aliphatic carbocycles. The van der Waals surface area contributed by atoms with Crippen LogP contribution in [0.3, 0.4) is 0 Å². The number of nitrogens with zero attached hydrogens (tertiary/aromatic N) is 2. The zero-order valence-electron chi connectivity index (χ0n) is 13.0. The molecule has 0 aromatic carbocycles. The van der Waals surface area contributed by atoms with Crippen LogP contribution in [0.15, 0.2) is 24.5 Å². The third-order valence-corrected chi connectivity index (χ3v) is 6.50. The van der Waals surface area contributed by atoms with E-state index in [1.54, 1.807) is 6.20 Å². The molecule has 3 aliphatic heterocycles.